The number of piperazine rings is 1. The Hall–Kier alpha value is -2.89. The highest BCUT2D eigenvalue weighted by Crippen LogP contribution is 2.27. The van der Waals surface area contributed by atoms with Gasteiger partial charge in [0.1, 0.15) is 11.7 Å². The molecule has 0 bridgehead atoms. The maximum absolute atomic E-state index is 13.1. The molecular formula is C19H22N4O2. The summed E-state index contributed by atoms with van der Waals surface area (Å²) >= 11 is 0. The largest absolute Gasteiger partial charge is 0.378 e. The van der Waals surface area contributed by atoms with Crippen LogP contribution in [-0.4, -0.2) is 48.9 Å². The number of benzene rings is 1. The molecule has 0 spiro atoms. The van der Waals surface area contributed by atoms with E-state index in [9.17, 15) is 9.59 Å². The van der Waals surface area contributed by atoms with Gasteiger partial charge in [-0.25, -0.2) is 0 Å². The molecule has 1 aliphatic heterocycles. The minimum absolute atomic E-state index is 0.155. The Labute approximate surface area is 147 Å². The van der Waals surface area contributed by atoms with Gasteiger partial charge in [-0.05, 0) is 30.2 Å². The first-order valence-corrected chi connectivity index (χ1v) is 8.26. The molecule has 1 aromatic heterocycles. The van der Waals surface area contributed by atoms with Crippen LogP contribution in [0.4, 0.5) is 5.69 Å². The highest BCUT2D eigenvalue weighted by molar-refractivity contribution is 5.98. The molecule has 2 aromatic rings. The first-order valence-electron chi connectivity index (χ1n) is 8.26. The summed E-state index contributed by atoms with van der Waals surface area (Å²) < 4.78 is 0. The Morgan fingerprint density at radius 2 is 2.04 bits per heavy atom. The second kappa shape index (κ2) is 6.93. The number of aromatic nitrogens is 1. The number of hydrogen-bond donors (Lipinski definition) is 1. The topological polar surface area (TPSA) is 65.5 Å². The number of anilines is 1. The maximum Gasteiger partial charge on any atom is 0.273 e. The molecule has 2 amide bonds. The third-order valence-electron chi connectivity index (χ3n) is 4.43. The van der Waals surface area contributed by atoms with E-state index in [-0.39, 0.29) is 11.8 Å². The SMILES string of the molecule is Cc1ccccc1C1C(=O)NCCN1C(=O)c1cc(N(C)C)ccn1. The Morgan fingerprint density at radius 3 is 2.76 bits per heavy atom. The number of nitrogens with one attached hydrogen (secondary N) is 1. The van der Waals surface area contributed by atoms with Crippen molar-refractivity contribution >= 4 is 17.5 Å². The molecule has 0 aliphatic carbocycles. The lowest BCUT2D eigenvalue weighted by Gasteiger charge is -2.35. The van der Waals surface area contributed by atoms with E-state index in [1.807, 2.05) is 56.3 Å². The van der Waals surface area contributed by atoms with Crippen LogP contribution in [0.3, 0.4) is 0 Å². The van der Waals surface area contributed by atoms with Crippen molar-refractivity contribution in [3.63, 3.8) is 0 Å². The predicted molar refractivity (Wildman–Crippen MR) is 96.5 cm³/mol. The summed E-state index contributed by atoms with van der Waals surface area (Å²) in [7, 11) is 3.82. The predicted octanol–water partition coefficient (Wildman–Crippen LogP) is 1.77. The number of amides is 2. The van der Waals surface area contributed by atoms with E-state index >= 15 is 0 Å². The van der Waals surface area contributed by atoms with Crippen molar-refractivity contribution in [3.05, 3.63) is 59.4 Å². The second-order valence-electron chi connectivity index (χ2n) is 6.34. The van der Waals surface area contributed by atoms with Crippen molar-refractivity contribution < 1.29 is 9.59 Å². The quantitative estimate of drug-likeness (QED) is 0.926. The number of nitrogens with zero attached hydrogens (tertiary/aromatic N) is 3. The van der Waals surface area contributed by atoms with Crippen molar-refractivity contribution in [1.82, 2.24) is 15.2 Å². The summed E-state index contributed by atoms with van der Waals surface area (Å²) in [6, 6.07) is 10.6. The van der Waals surface area contributed by atoms with Gasteiger partial charge >= 0.3 is 0 Å². The Morgan fingerprint density at radius 1 is 1.28 bits per heavy atom. The third kappa shape index (κ3) is 3.33. The van der Waals surface area contributed by atoms with Crippen LogP contribution >= 0.6 is 0 Å². The molecular weight excluding hydrogens is 316 g/mol. The lowest BCUT2D eigenvalue weighted by atomic mass is 9.97. The van der Waals surface area contributed by atoms with E-state index in [2.05, 4.69) is 10.3 Å². The number of carbonyl (C=O) groups excluding carboxylic acids is 2. The van der Waals surface area contributed by atoms with Gasteiger partial charge in [0.2, 0.25) is 5.91 Å². The number of hydrogen-bond acceptors (Lipinski definition) is 4. The summed E-state index contributed by atoms with van der Waals surface area (Å²) in [5.41, 5.74) is 3.07. The van der Waals surface area contributed by atoms with Crippen LogP contribution in [0.5, 0.6) is 0 Å². The number of pyridine rings is 1. The molecule has 6 nitrogen and oxygen atoms in total. The zero-order valence-electron chi connectivity index (χ0n) is 14.7. The summed E-state index contributed by atoms with van der Waals surface area (Å²) in [6.45, 7) is 2.85. The van der Waals surface area contributed by atoms with Crippen molar-refractivity contribution in [1.29, 1.82) is 0 Å². The smallest absolute Gasteiger partial charge is 0.273 e. The lowest BCUT2D eigenvalue weighted by Crippen LogP contribution is -2.52. The van der Waals surface area contributed by atoms with Gasteiger partial charge in [-0.15, -0.1) is 0 Å². The second-order valence-corrected chi connectivity index (χ2v) is 6.34. The van der Waals surface area contributed by atoms with Crippen LogP contribution in [0.25, 0.3) is 0 Å². The fraction of sp³-hybridized carbons (Fsp3) is 0.316. The molecule has 25 heavy (non-hydrogen) atoms. The summed E-state index contributed by atoms with van der Waals surface area (Å²) in [4.78, 5) is 33.4. The molecule has 1 atom stereocenters. The zero-order valence-corrected chi connectivity index (χ0v) is 14.7. The van der Waals surface area contributed by atoms with E-state index in [0.29, 0.717) is 18.8 Å². The van der Waals surface area contributed by atoms with Crippen LogP contribution in [0.1, 0.15) is 27.7 Å². The van der Waals surface area contributed by atoms with Crippen molar-refractivity contribution in [2.24, 2.45) is 0 Å². The van der Waals surface area contributed by atoms with Crippen molar-refractivity contribution in [2.75, 3.05) is 32.1 Å². The lowest BCUT2D eigenvalue weighted by molar-refractivity contribution is -0.128. The minimum Gasteiger partial charge on any atom is -0.378 e. The molecule has 1 saturated heterocycles. The van der Waals surface area contributed by atoms with Gasteiger partial charge in [0, 0.05) is 39.1 Å². The summed E-state index contributed by atoms with van der Waals surface area (Å²) in [6.07, 6.45) is 1.62. The Kier molecular flexibility index (Phi) is 4.70. The maximum atomic E-state index is 13.1. The molecule has 1 aliphatic rings. The fourth-order valence-corrected chi connectivity index (χ4v) is 3.05. The van der Waals surface area contributed by atoms with E-state index < -0.39 is 6.04 Å². The fourth-order valence-electron chi connectivity index (χ4n) is 3.05. The molecule has 1 fully saturated rings. The molecule has 0 radical (unpaired) electrons. The van der Waals surface area contributed by atoms with Gasteiger partial charge in [0.05, 0.1) is 0 Å². The highest BCUT2D eigenvalue weighted by Gasteiger charge is 2.36. The van der Waals surface area contributed by atoms with Crippen LogP contribution in [0, 0.1) is 6.92 Å². The molecule has 130 valence electrons. The van der Waals surface area contributed by atoms with Gasteiger partial charge in [-0.3, -0.25) is 14.6 Å². The summed E-state index contributed by atoms with van der Waals surface area (Å²) in [5, 5.41) is 2.86. The third-order valence-corrected chi connectivity index (χ3v) is 4.43. The normalized spacial score (nSPS) is 17.2. The number of aryl methyl sites for hydroxylation is 1. The molecule has 3 rings (SSSR count). The Bertz CT molecular complexity index is 804. The van der Waals surface area contributed by atoms with Crippen molar-refractivity contribution in [3.8, 4) is 0 Å². The standard InChI is InChI=1S/C19H22N4O2/c1-13-6-4-5-7-15(13)17-18(24)21-10-11-23(17)19(25)16-12-14(22(2)3)8-9-20-16/h4-9,12,17H,10-11H2,1-3H3,(H,21,24). The highest BCUT2D eigenvalue weighted by atomic mass is 16.2. The van der Waals surface area contributed by atoms with E-state index in [0.717, 1.165) is 16.8 Å². The molecule has 2 heterocycles. The van der Waals surface area contributed by atoms with Gasteiger partial charge in [0.15, 0.2) is 0 Å². The number of rotatable bonds is 3. The van der Waals surface area contributed by atoms with Gasteiger partial charge in [0.25, 0.3) is 5.91 Å². The average Bonchev–Trinajstić information content (AvgIpc) is 2.62. The van der Waals surface area contributed by atoms with Crippen LogP contribution in [0.15, 0.2) is 42.6 Å². The first kappa shape index (κ1) is 17.0. The van der Waals surface area contributed by atoms with E-state index in [1.165, 1.54) is 0 Å². The summed E-state index contributed by atoms with van der Waals surface area (Å²) in [5.74, 6) is -0.385. The monoisotopic (exact) mass is 338 g/mol. The van der Waals surface area contributed by atoms with Crippen LogP contribution in [0.2, 0.25) is 0 Å². The number of carbonyl (C=O) groups is 2. The molecule has 0 saturated carbocycles. The minimum atomic E-state index is -0.632. The van der Waals surface area contributed by atoms with Crippen molar-refractivity contribution in [2.45, 2.75) is 13.0 Å². The van der Waals surface area contributed by atoms with Crippen LogP contribution in [-0.2, 0) is 4.79 Å². The molecule has 6 heteroatoms. The van der Waals surface area contributed by atoms with Gasteiger partial charge in [-0.1, -0.05) is 24.3 Å². The van der Waals surface area contributed by atoms with E-state index in [4.69, 9.17) is 0 Å². The molecule has 1 N–H and O–H groups in total. The van der Waals surface area contributed by atoms with Crippen LogP contribution < -0.4 is 10.2 Å². The Balaban J connectivity index is 1.98. The zero-order chi connectivity index (χ0) is 18.0. The van der Waals surface area contributed by atoms with E-state index in [1.54, 1.807) is 17.2 Å². The molecule has 1 aromatic carbocycles. The molecule has 1 unspecified atom stereocenters. The van der Waals surface area contributed by atoms with Gasteiger partial charge < -0.3 is 15.1 Å². The van der Waals surface area contributed by atoms with Gasteiger partial charge in [-0.2, -0.15) is 0 Å². The first-order chi connectivity index (χ1) is 12.0. The average molecular weight is 338 g/mol.